The third kappa shape index (κ3) is 5.33. The Bertz CT molecular complexity index is 783. The van der Waals surface area contributed by atoms with Gasteiger partial charge in [0.2, 0.25) is 0 Å². The number of nitrogens with zero attached hydrogens (tertiary/aromatic N) is 1. The zero-order valence-electron chi connectivity index (χ0n) is 15.6. The molecule has 1 N–H and O–H groups in total. The minimum Gasteiger partial charge on any atom is -0.379 e. The number of alkyl halides is 3. The lowest BCUT2D eigenvalue weighted by molar-refractivity contribution is -0.137. The number of amides is 1. The summed E-state index contributed by atoms with van der Waals surface area (Å²) in [7, 11) is 0. The fraction of sp³-hybridized carbons (Fsp3) is 0.381. The van der Waals surface area contributed by atoms with Gasteiger partial charge in [0.05, 0.1) is 24.8 Å². The number of carbonyl (C=O) groups is 1. The molecule has 1 aliphatic heterocycles. The molecule has 1 atom stereocenters. The predicted molar refractivity (Wildman–Crippen MR) is 100 cm³/mol. The lowest BCUT2D eigenvalue weighted by Gasteiger charge is -2.31. The van der Waals surface area contributed by atoms with Crippen LogP contribution in [0.2, 0.25) is 0 Å². The van der Waals surface area contributed by atoms with Crippen molar-refractivity contribution in [1.29, 1.82) is 0 Å². The number of benzene rings is 2. The number of hydrogen-bond acceptors (Lipinski definition) is 3. The van der Waals surface area contributed by atoms with Gasteiger partial charge in [0.25, 0.3) is 5.91 Å². The Morgan fingerprint density at radius 2 is 1.68 bits per heavy atom. The van der Waals surface area contributed by atoms with E-state index in [-0.39, 0.29) is 11.6 Å². The van der Waals surface area contributed by atoms with Gasteiger partial charge < -0.3 is 10.1 Å². The first-order valence-electron chi connectivity index (χ1n) is 9.18. The van der Waals surface area contributed by atoms with E-state index in [4.69, 9.17) is 4.74 Å². The van der Waals surface area contributed by atoms with Crippen LogP contribution in [0.3, 0.4) is 0 Å². The van der Waals surface area contributed by atoms with Crippen LogP contribution in [-0.2, 0) is 10.9 Å². The van der Waals surface area contributed by atoms with Crippen LogP contribution >= 0.6 is 0 Å². The van der Waals surface area contributed by atoms with E-state index < -0.39 is 17.6 Å². The van der Waals surface area contributed by atoms with Crippen molar-refractivity contribution in [3.63, 3.8) is 0 Å². The van der Waals surface area contributed by atoms with Gasteiger partial charge in [0, 0.05) is 25.2 Å². The molecule has 2 aromatic carbocycles. The van der Waals surface area contributed by atoms with Crippen LogP contribution in [0.5, 0.6) is 0 Å². The van der Waals surface area contributed by atoms with Crippen LogP contribution in [0.1, 0.15) is 33.1 Å². The van der Waals surface area contributed by atoms with Crippen LogP contribution in [0.25, 0.3) is 0 Å². The van der Waals surface area contributed by atoms with E-state index >= 15 is 0 Å². The molecule has 150 valence electrons. The van der Waals surface area contributed by atoms with Crippen LogP contribution in [0.4, 0.5) is 13.2 Å². The van der Waals surface area contributed by atoms with Crippen molar-refractivity contribution in [3.05, 3.63) is 70.8 Å². The quantitative estimate of drug-likeness (QED) is 0.841. The molecule has 1 heterocycles. The number of halogens is 3. The summed E-state index contributed by atoms with van der Waals surface area (Å²) in [4.78, 5) is 14.9. The van der Waals surface area contributed by atoms with Crippen LogP contribution < -0.4 is 5.32 Å². The highest BCUT2D eigenvalue weighted by atomic mass is 19.4. The lowest BCUT2D eigenvalue weighted by Crippen LogP contribution is -2.43. The Labute approximate surface area is 162 Å². The first-order chi connectivity index (χ1) is 13.3. The number of ether oxygens (including phenoxy) is 1. The van der Waals surface area contributed by atoms with Crippen molar-refractivity contribution in [2.45, 2.75) is 19.1 Å². The number of aryl methyl sites for hydroxylation is 1. The van der Waals surface area contributed by atoms with Crippen molar-refractivity contribution in [2.24, 2.45) is 0 Å². The molecule has 3 rings (SSSR count). The molecule has 1 fully saturated rings. The third-order valence-corrected chi connectivity index (χ3v) is 4.80. The summed E-state index contributed by atoms with van der Waals surface area (Å²) in [5, 5.41) is 2.97. The monoisotopic (exact) mass is 392 g/mol. The minimum atomic E-state index is -4.42. The van der Waals surface area contributed by atoms with E-state index in [1.54, 1.807) is 0 Å². The second-order valence-corrected chi connectivity index (χ2v) is 6.92. The maximum Gasteiger partial charge on any atom is 0.416 e. The van der Waals surface area contributed by atoms with Crippen LogP contribution in [-0.4, -0.2) is 43.7 Å². The van der Waals surface area contributed by atoms with Gasteiger partial charge in [-0.05, 0) is 36.8 Å². The second-order valence-electron chi connectivity index (χ2n) is 6.92. The van der Waals surface area contributed by atoms with Gasteiger partial charge in [-0.1, -0.05) is 29.8 Å². The summed E-state index contributed by atoms with van der Waals surface area (Å²) in [6, 6.07) is 11.9. The van der Waals surface area contributed by atoms with E-state index in [0.717, 1.165) is 36.3 Å². The maximum atomic E-state index is 12.7. The normalized spacial score (nSPS) is 16.6. The molecule has 1 saturated heterocycles. The maximum absolute atomic E-state index is 12.7. The number of nitrogens with one attached hydrogen (secondary N) is 1. The van der Waals surface area contributed by atoms with Crippen molar-refractivity contribution < 1.29 is 22.7 Å². The molecule has 0 radical (unpaired) electrons. The number of hydrogen-bond donors (Lipinski definition) is 1. The molecule has 1 aliphatic rings. The summed E-state index contributed by atoms with van der Waals surface area (Å²) in [6.07, 6.45) is -4.42. The van der Waals surface area contributed by atoms with Crippen LogP contribution in [0, 0.1) is 6.92 Å². The Hall–Kier alpha value is -2.38. The fourth-order valence-corrected chi connectivity index (χ4v) is 3.13. The zero-order chi connectivity index (χ0) is 20.1. The third-order valence-electron chi connectivity index (χ3n) is 4.80. The van der Waals surface area contributed by atoms with Crippen molar-refractivity contribution in [3.8, 4) is 0 Å². The van der Waals surface area contributed by atoms with Crippen LogP contribution in [0.15, 0.2) is 48.5 Å². The summed E-state index contributed by atoms with van der Waals surface area (Å²) in [6.45, 7) is 5.44. The topological polar surface area (TPSA) is 41.6 Å². The smallest absolute Gasteiger partial charge is 0.379 e. The number of carbonyl (C=O) groups excluding carboxylic acids is 1. The Kier molecular flexibility index (Phi) is 6.36. The number of morpholine rings is 1. The van der Waals surface area contributed by atoms with Gasteiger partial charge >= 0.3 is 6.18 Å². The standard InChI is InChI=1S/C21H23F3N2O2/c1-15-2-4-16(5-3-15)19(14-26-10-12-28-13-11-26)25-20(27)17-6-8-18(9-7-17)21(22,23)24/h2-9,19H,10-14H2,1H3,(H,25,27)/t19-/m0/s1. The van der Waals surface area contributed by atoms with Crippen molar-refractivity contribution >= 4 is 5.91 Å². The van der Waals surface area contributed by atoms with Gasteiger partial charge in [-0.3, -0.25) is 9.69 Å². The molecule has 28 heavy (non-hydrogen) atoms. The predicted octanol–water partition coefficient (Wildman–Crippen LogP) is 3.82. The molecule has 1 amide bonds. The minimum absolute atomic E-state index is 0.201. The zero-order valence-corrected chi connectivity index (χ0v) is 15.6. The van der Waals surface area contributed by atoms with E-state index in [2.05, 4.69) is 10.2 Å². The largest absolute Gasteiger partial charge is 0.416 e. The Morgan fingerprint density at radius 3 is 2.25 bits per heavy atom. The summed E-state index contributed by atoms with van der Waals surface area (Å²) >= 11 is 0. The Balaban J connectivity index is 1.75. The molecule has 4 nitrogen and oxygen atoms in total. The van der Waals surface area contributed by atoms with Gasteiger partial charge in [-0.2, -0.15) is 13.2 Å². The summed E-state index contributed by atoms with van der Waals surface area (Å²) in [5.74, 6) is -0.396. The molecule has 7 heteroatoms. The molecule has 0 aliphatic carbocycles. The van der Waals surface area contributed by atoms with E-state index in [1.807, 2.05) is 31.2 Å². The van der Waals surface area contributed by atoms with Crippen molar-refractivity contribution in [1.82, 2.24) is 10.2 Å². The highest BCUT2D eigenvalue weighted by molar-refractivity contribution is 5.94. The fourth-order valence-electron chi connectivity index (χ4n) is 3.13. The average Bonchev–Trinajstić information content (AvgIpc) is 2.68. The van der Waals surface area contributed by atoms with Gasteiger partial charge in [0.1, 0.15) is 0 Å². The molecule has 0 saturated carbocycles. The Morgan fingerprint density at radius 1 is 1.07 bits per heavy atom. The summed E-state index contributed by atoms with van der Waals surface area (Å²) in [5.41, 5.74) is 1.50. The highest BCUT2D eigenvalue weighted by Crippen LogP contribution is 2.29. The molecule has 2 aromatic rings. The second kappa shape index (κ2) is 8.75. The highest BCUT2D eigenvalue weighted by Gasteiger charge is 2.30. The molecular weight excluding hydrogens is 369 g/mol. The van der Waals surface area contributed by atoms with Crippen molar-refractivity contribution in [2.75, 3.05) is 32.8 Å². The van der Waals surface area contributed by atoms with Gasteiger partial charge in [-0.25, -0.2) is 0 Å². The average molecular weight is 392 g/mol. The number of rotatable bonds is 5. The first-order valence-corrected chi connectivity index (χ1v) is 9.18. The van der Waals surface area contributed by atoms with E-state index in [1.165, 1.54) is 12.1 Å². The van der Waals surface area contributed by atoms with E-state index in [0.29, 0.717) is 19.8 Å². The molecule has 0 bridgehead atoms. The SMILES string of the molecule is Cc1ccc([C@H](CN2CCOCC2)NC(=O)c2ccc(C(F)(F)F)cc2)cc1. The summed E-state index contributed by atoms with van der Waals surface area (Å²) < 4.78 is 43.6. The molecule has 0 spiro atoms. The molecule has 0 aromatic heterocycles. The van der Waals surface area contributed by atoms with E-state index in [9.17, 15) is 18.0 Å². The first kappa shape index (κ1) is 20.4. The lowest BCUT2D eigenvalue weighted by atomic mass is 10.0. The van der Waals surface area contributed by atoms with Gasteiger partial charge in [-0.15, -0.1) is 0 Å². The van der Waals surface area contributed by atoms with Gasteiger partial charge in [0.15, 0.2) is 0 Å². The molecule has 0 unspecified atom stereocenters. The molecular formula is C21H23F3N2O2.